The number of hydrogen-bond donors (Lipinski definition) is 2. The molecule has 0 aliphatic heterocycles. The number of rotatable bonds is 3. The summed E-state index contributed by atoms with van der Waals surface area (Å²) >= 11 is 11.8. The van der Waals surface area contributed by atoms with E-state index < -0.39 is 11.6 Å². The van der Waals surface area contributed by atoms with Crippen LogP contribution in [0.25, 0.3) is 0 Å². The molecule has 5 heteroatoms. The van der Waals surface area contributed by atoms with E-state index in [9.17, 15) is 9.90 Å². The van der Waals surface area contributed by atoms with Gasteiger partial charge in [0, 0.05) is 5.02 Å². The van der Waals surface area contributed by atoms with Crippen LogP contribution in [0.1, 0.15) is 31.2 Å². The number of alkyl halides is 1. The highest BCUT2D eigenvalue weighted by molar-refractivity contribution is 6.31. The number of halogens is 2. The standard InChI is InChI=1S/C14H17Cl2NO2/c15-9-13(19)17-14(8-4-3-7-12(14)18)10-5-1-2-6-11(10)16/h1-2,5-6,12,18H,3-4,7-9H2,(H,17,19)/t12-,14-/m0/s1. The predicted molar refractivity (Wildman–Crippen MR) is 76.5 cm³/mol. The van der Waals surface area contributed by atoms with Crippen molar-refractivity contribution in [3.05, 3.63) is 34.9 Å². The molecule has 0 unspecified atom stereocenters. The third-order valence-corrected chi connectivity index (χ3v) is 4.28. The first-order valence-electron chi connectivity index (χ1n) is 6.40. The van der Waals surface area contributed by atoms with Crippen molar-refractivity contribution in [3.63, 3.8) is 0 Å². The summed E-state index contributed by atoms with van der Waals surface area (Å²) in [6.07, 6.45) is 2.55. The number of benzene rings is 1. The lowest BCUT2D eigenvalue weighted by Gasteiger charge is -2.43. The number of carbonyl (C=O) groups excluding carboxylic acids is 1. The van der Waals surface area contributed by atoms with E-state index in [2.05, 4.69) is 5.32 Å². The van der Waals surface area contributed by atoms with E-state index in [1.165, 1.54) is 0 Å². The molecule has 0 aromatic heterocycles. The van der Waals surface area contributed by atoms with Gasteiger partial charge in [-0.3, -0.25) is 4.79 Å². The summed E-state index contributed by atoms with van der Waals surface area (Å²) in [6, 6.07) is 7.31. The molecular weight excluding hydrogens is 285 g/mol. The molecule has 1 saturated carbocycles. The molecule has 1 amide bonds. The Morgan fingerprint density at radius 2 is 2.16 bits per heavy atom. The van der Waals surface area contributed by atoms with Gasteiger partial charge in [-0.15, -0.1) is 11.6 Å². The minimum absolute atomic E-state index is 0.126. The molecule has 0 radical (unpaired) electrons. The zero-order valence-electron chi connectivity index (χ0n) is 10.5. The third kappa shape index (κ3) is 2.88. The first-order valence-corrected chi connectivity index (χ1v) is 7.31. The molecule has 0 heterocycles. The largest absolute Gasteiger partial charge is 0.390 e. The Morgan fingerprint density at radius 3 is 2.79 bits per heavy atom. The number of aliphatic hydroxyl groups excluding tert-OH is 1. The molecule has 104 valence electrons. The van der Waals surface area contributed by atoms with Crippen LogP contribution in [-0.4, -0.2) is 23.0 Å². The summed E-state index contributed by atoms with van der Waals surface area (Å²) < 4.78 is 0. The van der Waals surface area contributed by atoms with Crippen LogP contribution in [-0.2, 0) is 10.3 Å². The molecule has 1 aliphatic carbocycles. The molecule has 19 heavy (non-hydrogen) atoms. The molecule has 0 saturated heterocycles. The SMILES string of the molecule is O=C(CCl)N[C@]1(c2ccccc2Cl)CCCC[C@@H]1O. The lowest BCUT2D eigenvalue weighted by molar-refractivity contribution is -0.123. The summed E-state index contributed by atoms with van der Waals surface area (Å²) in [5, 5.41) is 13.9. The van der Waals surface area contributed by atoms with Crippen LogP contribution in [0.15, 0.2) is 24.3 Å². The van der Waals surface area contributed by atoms with Crippen molar-refractivity contribution in [2.75, 3.05) is 5.88 Å². The smallest absolute Gasteiger partial charge is 0.235 e. The van der Waals surface area contributed by atoms with Crippen LogP contribution < -0.4 is 5.32 Å². The third-order valence-electron chi connectivity index (χ3n) is 3.71. The molecule has 2 N–H and O–H groups in total. The van der Waals surface area contributed by atoms with Gasteiger partial charge in [0.25, 0.3) is 0 Å². The topological polar surface area (TPSA) is 49.3 Å². The maximum absolute atomic E-state index is 11.7. The minimum atomic E-state index is -0.817. The van der Waals surface area contributed by atoms with Crippen LogP contribution in [0, 0.1) is 0 Å². The Balaban J connectivity index is 2.44. The van der Waals surface area contributed by atoms with Crippen molar-refractivity contribution in [2.45, 2.75) is 37.3 Å². The Hall–Kier alpha value is -0.770. The highest BCUT2D eigenvalue weighted by atomic mass is 35.5. The van der Waals surface area contributed by atoms with Crippen molar-refractivity contribution in [3.8, 4) is 0 Å². The zero-order chi connectivity index (χ0) is 13.9. The van der Waals surface area contributed by atoms with Crippen LogP contribution in [0.3, 0.4) is 0 Å². The second-order valence-corrected chi connectivity index (χ2v) is 5.57. The first kappa shape index (κ1) is 14.6. The van der Waals surface area contributed by atoms with Crippen LogP contribution in [0.5, 0.6) is 0 Å². The maximum Gasteiger partial charge on any atom is 0.235 e. The van der Waals surface area contributed by atoms with E-state index in [1.54, 1.807) is 6.07 Å². The average molecular weight is 302 g/mol. The molecule has 0 spiro atoms. The van der Waals surface area contributed by atoms with Crippen LogP contribution in [0.4, 0.5) is 0 Å². The number of amides is 1. The minimum Gasteiger partial charge on any atom is -0.390 e. The lowest BCUT2D eigenvalue weighted by Crippen LogP contribution is -2.56. The molecule has 1 fully saturated rings. The summed E-state index contributed by atoms with van der Waals surface area (Å²) in [4.78, 5) is 11.7. The second-order valence-electron chi connectivity index (χ2n) is 4.89. The van der Waals surface area contributed by atoms with E-state index in [4.69, 9.17) is 23.2 Å². The van der Waals surface area contributed by atoms with Gasteiger partial charge in [0.1, 0.15) is 5.88 Å². The van der Waals surface area contributed by atoms with Gasteiger partial charge < -0.3 is 10.4 Å². The van der Waals surface area contributed by atoms with Gasteiger partial charge in [0.05, 0.1) is 11.6 Å². The Labute approximate surface area is 122 Å². The number of aliphatic hydroxyl groups is 1. The van der Waals surface area contributed by atoms with Gasteiger partial charge >= 0.3 is 0 Å². The van der Waals surface area contributed by atoms with Crippen LogP contribution in [0.2, 0.25) is 5.02 Å². The van der Waals surface area contributed by atoms with Crippen molar-refractivity contribution >= 4 is 29.1 Å². The molecule has 0 bridgehead atoms. The fraction of sp³-hybridized carbons (Fsp3) is 0.500. The molecular formula is C14H17Cl2NO2. The highest BCUT2D eigenvalue weighted by Crippen LogP contribution is 2.40. The number of nitrogens with one attached hydrogen (secondary N) is 1. The fourth-order valence-corrected chi connectivity index (χ4v) is 3.16. The Kier molecular flexibility index (Phi) is 4.71. The quantitative estimate of drug-likeness (QED) is 0.844. The second kappa shape index (κ2) is 6.12. The van der Waals surface area contributed by atoms with Gasteiger partial charge in [-0.2, -0.15) is 0 Å². The van der Waals surface area contributed by atoms with Gasteiger partial charge in [-0.25, -0.2) is 0 Å². The Bertz CT molecular complexity index is 467. The van der Waals surface area contributed by atoms with Crippen molar-refractivity contribution in [1.82, 2.24) is 5.32 Å². The Morgan fingerprint density at radius 1 is 1.42 bits per heavy atom. The van der Waals surface area contributed by atoms with Gasteiger partial charge in [-0.1, -0.05) is 42.6 Å². The van der Waals surface area contributed by atoms with Crippen LogP contribution >= 0.6 is 23.2 Å². The fourth-order valence-electron chi connectivity index (χ4n) is 2.79. The molecule has 1 aromatic rings. The zero-order valence-corrected chi connectivity index (χ0v) is 12.0. The van der Waals surface area contributed by atoms with E-state index >= 15 is 0 Å². The van der Waals surface area contributed by atoms with E-state index in [1.807, 2.05) is 18.2 Å². The number of carbonyl (C=O) groups is 1. The van der Waals surface area contributed by atoms with E-state index in [0.717, 1.165) is 18.4 Å². The van der Waals surface area contributed by atoms with E-state index in [0.29, 0.717) is 17.9 Å². The molecule has 3 nitrogen and oxygen atoms in total. The maximum atomic E-state index is 11.7. The summed E-state index contributed by atoms with van der Waals surface area (Å²) in [7, 11) is 0. The van der Waals surface area contributed by atoms with Crippen molar-refractivity contribution in [2.24, 2.45) is 0 Å². The predicted octanol–water partition coefficient (Wildman–Crippen LogP) is 2.83. The van der Waals surface area contributed by atoms with Crippen molar-refractivity contribution in [1.29, 1.82) is 0 Å². The first-order chi connectivity index (χ1) is 9.10. The monoisotopic (exact) mass is 301 g/mol. The highest BCUT2D eigenvalue weighted by Gasteiger charge is 2.43. The van der Waals surface area contributed by atoms with Gasteiger partial charge in [0.15, 0.2) is 0 Å². The number of hydrogen-bond acceptors (Lipinski definition) is 2. The molecule has 2 atom stereocenters. The van der Waals surface area contributed by atoms with E-state index in [-0.39, 0.29) is 11.8 Å². The lowest BCUT2D eigenvalue weighted by atomic mass is 9.74. The normalized spacial score (nSPS) is 27.0. The molecule has 1 aromatic carbocycles. The summed E-state index contributed by atoms with van der Waals surface area (Å²) in [5.74, 6) is -0.415. The van der Waals surface area contributed by atoms with Crippen molar-refractivity contribution < 1.29 is 9.90 Å². The summed E-state index contributed by atoms with van der Waals surface area (Å²) in [5.41, 5.74) is -0.0508. The van der Waals surface area contributed by atoms with Gasteiger partial charge in [0.2, 0.25) is 5.91 Å². The molecule has 1 aliphatic rings. The van der Waals surface area contributed by atoms with Gasteiger partial charge in [-0.05, 0) is 24.5 Å². The summed E-state index contributed by atoms with van der Waals surface area (Å²) in [6.45, 7) is 0. The average Bonchev–Trinajstić information content (AvgIpc) is 2.42. The molecule has 2 rings (SSSR count).